The quantitative estimate of drug-likeness (QED) is 0.782. The molecule has 1 amide bonds. The van der Waals surface area contributed by atoms with Gasteiger partial charge in [-0.05, 0) is 44.4 Å². The maximum absolute atomic E-state index is 11.7. The van der Waals surface area contributed by atoms with Gasteiger partial charge in [-0.3, -0.25) is 4.79 Å². The summed E-state index contributed by atoms with van der Waals surface area (Å²) in [6.07, 6.45) is 0.0218. The van der Waals surface area contributed by atoms with E-state index < -0.39 is 12.1 Å². The third kappa shape index (κ3) is 5.45. The molecule has 116 valence electrons. The predicted octanol–water partition coefficient (Wildman–Crippen LogP) is 2.14. The fraction of sp³-hybridized carbons (Fsp3) is 0.500. The summed E-state index contributed by atoms with van der Waals surface area (Å²) in [6.45, 7) is 7.75. The maximum Gasteiger partial charge on any atom is 0.344 e. The van der Waals surface area contributed by atoms with Crippen molar-refractivity contribution in [3.63, 3.8) is 0 Å². The van der Waals surface area contributed by atoms with Gasteiger partial charge < -0.3 is 14.8 Å². The molecule has 0 heterocycles. The van der Waals surface area contributed by atoms with Crippen LogP contribution < -0.4 is 10.1 Å². The van der Waals surface area contributed by atoms with E-state index in [0.29, 0.717) is 12.3 Å². The Hall–Kier alpha value is -2.04. The van der Waals surface area contributed by atoms with Crippen LogP contribution in [-0.2, 0) is 14.3 Å². The van der Waals surface area contributed by atoms with Crippen LogP contribution in [0.2, 0.25) is 0 Å². The average Bonchev–Trinajstić information content (AvgIpc) is 2.46. The first-order chi connectivity index (χ1) is 9.95. The molecule has 1 atom stereocenters. The minimum Gasteiger partial charge on any atom is -0.482 e. The second-order valence-corrected chi connectivity index (χ2v) is 4.91. The van der Waals surface area contributed by atoms with E-state index >= 15 is 0 Å². The Morgan fingerprint density at radius 3 is 2.67 bits per heavy atom. The summed E-state index contributed by atoms with van der Waals surface area (Å²) < 4.78 is 10.5. The summed E-state index contributed by atoms with van der Waals surface area (Å²) >= 11 is 0. The smallest absolute Gasteiger partial charge is 0.344 e. The molecule has 1 aromatic carbocycles. The van der Waals surface area contributed by atoms with Crippen molar-refractivity contribution in [1.82, 2.24) is 5.32 Å². The molecule has 21 heavy (non-hydrogen) atoms. The fourth-order valence-electron chi connectivity index (χ4n) is 1.69. The van der Waals surface area contributed by atoms with Crippen LogP contribution in [0.4, 0.5) is 0 Å². The zero-order chi connectivity index (χ0) is 15.8. The second-order valence-electron chi connectivity index (χ2n) is 4.91. The first-order valence-electron chi connectivity index (χ1n) is 7.12. The van der Waals surface area contributed by atoms with E-state index in [1.54, 1.807) is 13.0 Å². The van der Waals surface area contributed by atoms with Gasteiger partial charge in [0.2, 0.25) is 0 Å². The van der Waals surface area contributed by atoms with Crippen molar-refractivity contribution in [1.29, 1.82) is 0 Å². The third-order valence-electron chi connectivity index (χ3n) is 3.13. The lowest BCUT2D eigenvalue weighted by Crippen LogP contribution is -2.37. The highest BCUT2D eigenvalue weighted by molar-refractivity contribution is 5.83. The van der Waals surface area contributed by atoms with Gasteiger partial charge >= 0.3 is 5.97 Å². The molecule has 0 fully saturated rings. The monoisotopic (exact) mass is 293 g/mol. The molecule has 0 saturated heterocycles. The molecule has 0 unspecified atom stereocenters. The molecule has 0 radical (unpaired) electrons. The van der Waals surface area contributed by atoms with Gasteiger partial charge in [0.05, 0.1) is 0 Å². The highest BCUT2D eigenvalue weighted by Gasteiger charge is 2.17. The summed E-state index contributed by atoms with van der Waals surface area (Å²) in [6, 6.07) is 5.64. The van der Waals surface area contributed by atoms with Crippen LogP contribution in [0.1, 0.15) is 31.4 Å². The van der Waals surface area contributed by atoms with E-state index in [1.165, 1.54) is 0 Å². The van der Waals surface area contributed by atoms with Gasteiger partial charge in [-0.2, -0.15) is 0 Å². The Morgan fingerprint density at radius 2 is 2.00 bits per heavy atom. The number of carbonyl (C=O) groups is 2. The zero-order valence-corrected chi connectivity index (χ0v) is 13.1. The summed E-state index contributed by atoms with van der Waals surface area (Å²) in [5.74, 6) is -0.206. The number of ether oxygens (including phenoxy) is 2. The number of nitrogens with one attached hydrogen (secondary N) is 1. The van der Waals surface area contributed by atoms with Gasteiger partial charge in [0, 0.05) is 6.54 Å². The van der Waals surface area contributed by atoms with Crippen LogP contribution >= 0.6 is 0 Å². The summed E-state index contributed by atoms with van der Waals surface area (Å²) in [4.78, 5) is 23.3. The predicted molar refractivity (Wildman–Crippen MR) is 80.3 cm³/mol. The molecular formula is C16H23NO4. The summed E-state index contributed by atoms with van der Waals surface area (Å²) in [7, 11) is 0. The standard InChI is InChI=1S/C16H23NO4/c1-5-9-17-16(19)13(4)21-15(18)10-20-14-8-6-7-11(2)12(14)3/h6-8,13H,5,9-10H2,1-4H3,(H,17,19)/t13-/m0/s1. The molecular weight excluding hydrogens is 270 g/mol. The zero-order valence-electron chi connectivity index (χ0n) is 13.1. The normalized spacial score (nSPS) is 11.6. The molecule has 0 aliphatic carbocycles. The van der Waals surface area contributed by atoms with Gasteiger partial charge in [0.15, 0.2) is 12.7 Å². The first kappa shape index (κ1) is 17.0. The van der Waals surface area contributed by atoms with E-state index in [-0.39, 0.29) is 12.5 Å². The molecule has 0 aliphatic heterocycles. The minimum absolute atomic E-state index is 0.213. The van der Waals surface area contributed by atoms with Gasteiger partial charge in [-0.1, -0.05) is 19.1 Å². The second kappa shape index (κ2) is 8.29. The van der Waals surface area contributed by atoms with E-state index in [1.807, 2.05) is 32.9 Å². The number of benzene rings is 1. The van der Waals surface area contributed by atoms with Gasteiger partial charge in [0.25, 0.3) is 5.91 Å². The third-order valence-corrected chi connectivity index (χ3v) is 3.13. The van der Waals surface area contributed by atoms with E-state index in [4.69, 9.17) is 9.47 Å². The Bertz CT molecular complexity index is 499. The van der Waals surface area contributed by atoms with E-state index in [9.17, 15) is 9.59 Å². The fourth-order valence-corrected chi connectivity index (χ4v) is 1.69. The Morgan fingerprint density at radius 1 is 1.29 bits per heavy atom. The van der Waals surface area contributed by atoms with Crippen LogP contribution in [0, 0.1) is 13.8 Å². The molecule has 0 saturated carbocycles. The molecule has 0 aromatic heterocycles. The van der Waals surface area contributed by atoms with Gasteiger partial charge in [0.1, 0.15) is 5.75 Å². The van der Waals surface area contributed by atoms with Crippen LogP contribution in [-0.4, -0.2) is 31.1 Å². The van der Waals surface area contributed by atoms with Crippen molar-refractivity contribution in [3.05, 3.63) is 29.3 Å². The number of carbonyl (C=O) groups excluding carboxylic acids is 2. The lowest BCUT2D eigenvalue weighted by molar-refractivity contribution is -0.156. The number of esters is 1. The van der Waals surface area contributed by atoms with E-state index in [0.717, 1.165) is 17.5 Å². The first-order valence-corrected chi connectivity index (χ1v) is 7.12. The topological polar surface area (TPSA) is 64.6 Å². The number of hydrogen-bond donors (Lipinski definition) is 1. The minimum atomic E-state index is -0.814. The summed E-state index contributed by atoms with van der Waals surface area (Å²) in [5.41, 5.74) is 2.08. The number of amides is 1. The molecule has 1 rings (SSSR count). The largest absolute Gasteiger partial charge is 0.482 e. The molecule has 1 aromatic rings. The Kier molecular flexibility index (Phi) is 6.72. The van der Waals surface area contributed by atoms with Crippen LogP contribution in [0.15, 0.2) is 18.2 Å². The van der Waals surface area contributed by atoms with Gasteiger partial charge in [-0.15, -0.1) is 0 Å². The molecule has 0 aliphatic rings. The number of hydrogen-bond acceptors (Lipinski definition) is 4. The molecule has 0 bridgehead atoms. The molecule has 1 N–H and O–H groups in total. The van der Waals surface area contributed by atoms with Gasteiger partial charge in [-0.25, -0.2) is 4.79 Å². The highest BCUT2D eigenvalue weighted by atomic mass is 16.6. The number of aryl methyl sites for hydroxylation is 1. The summed E-state index contributed by atoms with van der Waals surface area (Å²) in [5, 5.41) is 2.67. The Balaban J connectivity index is 2.43. The highest BCUT2D eigenvalue weighted by Crippen LogP contribution is 2.20. The Labute approximate surface area is 125 Å². The molecule has 5 nitrogen and oxygen atoms in total. The maximum atomic E-state index is 11.7. The lowest BCUT2D eigenvalue weighted by atomic mass is 10.1. The van der Waals surface area contributed by atoms with Crippen molar-refractivity contribution >= 4 is 11.9 Å². The molecule has 0 spiro atoms. The lowest BCUT2D eigenvalue weighted by Gasteiger charge is -2.14. The number of rotatable bonds is 7. The van der Waals surface area contributed by atoms with Crippen LogP contribution in [0.3, 0.4) is 0 Å². The van der Waals surface area contributed by atoms with Crippen LogP contribution in [0.25, 0.3) is 0 Å². The van der Waals surface area contributed by atoms with Crippen molar-refractivity contribution < 1.29 is 19.1 Å². The molecule has 5 heteroatoms. The van der Waals surface area contributed by atoms with Crippen molar-refractivity contribution in [2.75, 3.05) is 13.2 Å². The van der Waals surface area contributed by atoms with Crippen molar-refractivity contribution in [2.24, 2.45) is 0 Å². The van der Waals surface area contributed by atoms with Crippen molar-refractivity contribution in [3.8, 4) is 5.75 Å². The SMILES string of the molecule is CCCNC(=O)[C@H](C)OC(=O)COc1cccc(C)c1C. The van der Waals surface area contributed by atoms with Crippen LogP contribution in [0.5, 0.6) is 5.75 Å². The average molecular weight is 293 g/mol. The van der Waals surface area contributed by atoms with E-state index in [2.05, 4.69) is 5.32 Å². The van der Waals surface area contributed by atoms with Crippen molar-refractivity contribution in [2.45, 2.75) is 40.2 Å².